The molecule has 2 aromatic carbocycles. The zero-order valence-corrected chi connectivity index (χ0v) is 11.7. The molecule has 1 heterocycles. The minimum absolute atomic E-state index is 0.116. The molecule has 0 saturated carbocycles. The maximum atomic E-state index is 13.7. The highest BCUT2D eigenvalue weighted by molar-refractivity contribution is 6.34. The van der Waals surface area contributed by atoms with Gasteiger partial charge in [-0.2, -0.15) is 0 Å². The van der Waals surface area contributed by atoms with Gasteiger partial charge in [-0.3, -0.25) is 0 Å². The van der Waals surface area contributed by atoms with E-state index < -0.39 is 11.6 Å². The van der Waals surface area contributed by atoms with Crippen LogP contribution in [0.25, 0.3) is 22.3 Å². The Kier molecular flexibility index (Phi) is 3.43. The summed E-state index contributed by atoms with van der Waals surface area (Å²) in [6.07, 6.45) is 0. The van der Waals surface area contributed by atoms with Gasteiger partial charge in [0.05, 0.1) is 12.6 Å². The van der Waals surface area contributed by atoms with Gasteiger partial charge in [0.15, 0.2) is 17.4 Å². The van der Waals surface area contributed by atoms with Crippen molar-refractivity contribution in [1.82, 2.24) is 9.97 Å². The number of nitrogens with zero attached hydrogens (tertiary/aromatic N) is 2. The topological polar surface area (TPSA) is 35.0 Å². The lowest BCUT2D eigenvalue weighted by atomic mass is 10.1. The van der Waals surface area contributed by atoms with Gasteiger partial charge in [-0.25, -0.2) is 18.7 Å². The molecule has 1 aromatic heterocycles. The Bertz CT molecular complexity index is 839. The van der Waals surface area contributed by atoms with Gasteiger partial charge in [-0.05, 0) is 36.4 Å². The molecule has 0 amide bonds. The molecule has 0 unspecified atom stereocenters. The van der Waals surface area contributed by atoms with Crippen LogP contribution in [0, 0.1) is 11.6 Å². The van der Waals surface area contributed by atoms with Gasteiger partial charge in [0.2, 0.25) is 0 Å². The van der Waals surface area contributed by atoms with Crippen molar-refractivity contribution in [3.8, 4) is 17.1 Å². The molecule has 0 fully saturated rings. The summed E-state index contributed by atoms with van der Waals surface area (Å²) < 4.78 is 31.8. The number of ether oxygens (including phenoxy) is 1. The lowest BCUT2D eigenvalue weighted by molar-refractivity contribution is 0.386. The Labute approximate surface area is 124 Å². The van der Waals surface area contributed by atoms with E-state index >= 15 is 0 Å². The molecule has 0 bridgehead atoms. The molecule has 106 valence electrons. The van der Waals surface area contributed by atoms with Gasteiger partial charge in [0.25, 0.3) is 0 Å². The summed E-state index contributed by atoms with van der Waals surface area (Å²) in [6.45, 7) is 0. The van der Waals surface area contributed by atoms with Crippen LogP contribution in [-0.4, -0.2) is 17.1 Å². The Morgan fingerprint density at radius 1 is 1.05 bits per heavy atom. The highest BCUT2D eigenvalue weighted by atomic mass is 35.5. The van der Waals surface area contributed by atoms with E-state index in [1.165, 1.54) is 37.4 Å². The maximum absolute atomic E-state index is 13.7. The van der Waals surface area contributed by atoms with E-state index in [9.17, 15) is 8.78 Å². The minimum Gasteiger partial charge on any atom is -0.494 e. The van der Waals surface area contributed by atoms with Crippen molar-refractivity contribution in [1.29, 1.82) is 0 Å². The van der Waals surface area contributed by atoms with Gasteiger partial charge in [-0.1, -0.05) is 11.6 Å². The van der Waals surface area contributed by atoms with Crippen molar-refractivity contribution in [3.63, 3.8) is 0 Å². The van der Waals surface area contributed by atoms with Crippen LogP contribution in [0.5, 0.6) is 5.75 Å². The largest absolute Gasteiger partial charge is 0.494 e. The molecule has 21 heavy (non-hydrogen) atoms. The predicted octanol–water partition coefficient (Wildman–Crippen LogP) is 4.24. The van der Waals surface area contributed by atoms with Crippen molar-refractivity contribution in [2.24, 2.45) is 0 Å². The van der Waals surface area contributed by atoms with E-state index in [4.69, 9.17) is 16.3 Å². The first-order valence-electron chi connectivity index (χ1n) is 6.05. The van der Waals surface area contributed by atoms with E-state index in [2.05, 4.69) is 9.97 Å². The fraction of sp³-hybridized carbons (Fsp3) is 0.0667. The summed E-state index contributed by atoms with van der Waals surface area (Å²) in [5.74, 6) is -0.543. The van der Waals surface area contributed by atoms with Crippen LogP contribution in [0.15, 0.2) is 36.4 Å². The van der Waals surface area contributed by atoms with Crippen LogP contribution < -0.4 is 4.74 Å². The molecule has 0 N–H and O–H groups in total. The molecule has 0 aliphatic carbocycles. The van der Waals surface area contributed by atoms with Crippen LogP contribution in [0.3, 0.4) is 0 Å². The van der Waals surface area contributed by atoms with Crippen molar-refractivity contribution in [2.45, 2.75) is 0 Å². The van der Waals surface area contributed by atoms with Gasteiger partial charge in [0, 0.05) is 10.9 Å². The van der Waals surface area contributed by atoms with E-state index in [1.807, 2.05) is 0 Å². The van der Waals surface area contributed by atoms with Crippen LogP contribution in [0.2, 0.25) is 5.15 Å². The average Bonchev–Trinajstić information content (AvgIpc) is 2.47. The van der Waals surface area contributed by atoms with Crippen LogP contribution in [-0.2, 0) is 0 Å². The molecular weight excluding hydrogens is 298 g/mol. The molecule has 0 spiro atoms. The highest BCUT2D eigenvalue weighted by Gasteiger charge is 2.11. The third-order valence-electron chi connectivity index (χ3n) is 3.02. The summed E-state index contributed by atoms with van der Waals surface area (Å²) in [4.78, 5) is 8.36. The smallest absolute Gasteiger partial charge is 0.165 e. The van der Waals surface area contributed by atoms with Crippen LogP contribution in [0.1, 0.15) is 0 Å². The first-order chi connectivity index (χ1) is 10.1. The van der Waals surface area contributed by atoms with E-state index in [0.717, 1.165) is 0 Å². The second-order valence-corrected chi connectivity index (χ2v) is 4.71. The zero-order chi connectivity index (χ0) is 15.0. The molecule has 6 heteroatoms. The molecule has 0 atom stereocenters. The molecule has 3 aromatic rings. The minimum atomic E-state index is -0.520. The number of methoxy groups -OCH3 is 1. The second-order valence-electron chi connectivity index (χ2n) is 4.35. The van der Waals surface area contributed by atoms with Gasteiger partial charge in [0.1, 0.15) is 11.0 Å². The number of fused-ring (bicyclic) bond motifs is 1. The Morgan fingerprint density at radius 3 is 2.57 bits per heavy atom. The maximum Gasteiger partial charge on any atom is 0.165 e. The lowest BCUT2D eigenvalue weighted by Gasteiger charge is -2.06. The second kappa shape index (κ2) is 5.26. The molecule has 0 aliphatic rings. The van der Waals surface area contributed by atoms with Crippen molar-refractivity contribution >= 4 is 22.5 Å². The number of halogens is 3. The van der Waals surface area contributed by atoms with Crippen LogP contribution in [0.4, 0.5) is 8.78 Å². The Balaban J connectivity index is 2.17. The van der Waals surface area contributed by atoms with Crippen LogP contribution >= 0.6 is 11.6 Å². The number of benzene rings is 2. The van der Waals surface area contributed by atoms with E-state index in [0.29, 0.717) is 16.5 Å². The summed E-state index contributed by atoms with van der Waals surface area (Å²) in [6, 6.07) is 8.42. The number of rotatable bonds is 2. The lowest BCUT2D eigenvalue weighted by Crippen LogP contribution is -1.94. The SMILES string of the molecule is COc1ccc(-c2nc(Cl)c3cc(F)ccc3n2)cc1F. The molecule has 0 radical (unpaired) electrons. The molecule has 0 saturated heterocycles. The summed E-state index contributed by atoms with van der Waals surface area (Å²) in [5.41, 5.74) is 0.948. The fourth-order valence-corrected chi connectivity index (χ4v) is 2.23. The van der Waals surface area contributed by atoms with E-state index in [1.54, 1.807) is 6.07 Å². The molecular formula is C15H9ClF2N2O. The van der Waals surface area contributed by atoms with Gasteiger partial charge >= 0.3 is 0 Å². The summed E-state index contributed by atoms with van der Waals surface area (Å²) >= 11 is 6.05. The first-order valence-corrected chi connectivity index (χ1v) is 6.43. The average molecular weight is 307 g/mol. The highest BCUT2D eigenvalue weighted by Crippen LogP contribution is 2.27. The quantitative estimate of drug-likeness (QED) is 0.664. The third-order valence-corrected chi connectivity index (χ3v) is 3.31. The van der Waals surface area contributed by atoms with Crippen molar-refractivity contribution in [2.75, 3.05) is 7.11 Å². The Hall–Kier alpha value is -2.27. The van der Waals surface area contributed by atoms with Gasteiger partial charge in [-0.15, -0.1) is 0 Å². The van der Waals surface area contributed by atoms with E-state index in [-0.39, 0.29) is 16.7 Å². The number of aromatic nitrogens is 2. The third kappa shape index (κ3) is 2.52. The first kappa shape index (κ1) is 13.7. The van der Waals surface area contributed by atoms with Gasteiger partial charge < -0.3 is 4.74 Å². The fourth-order valence-electron chi connectivity index (χ4n) is 2.00. The monoisotopic (exact) mass is 306 g/mol. The molecule has 3 nitrogen and oxygen atoms in total. The number of hydrogen-bond acceptors (Lipinski definition) is 3. The standard InChI is InChI=1S/C15H9ClF2N2O/c1-21-13-5-2-8(6-11(13)18)15-19-12-4-3-9(17)7-10(12)14(16)20-15/h2-7H,1H3. The Morgan fingerprint density at radius 2 is 1.86 bits per heavy atom. The normalized spacial score (nSPS) is 10.9. The predicted molar refractivity (Wildman–Crippen MR) is 76.5 cm³/mol. The number of hydrogen-bond donors (Lipinski definition) is 0. The summed E-state index contributed by atoms with van der Waals surface area (Å²) in [7, 11) is 1.38. The molecule has 3 rings (SSSR count). The van der Waals surface area contributed by atoms with Crippen molar-refractivity contribution in [3.05, 3.63) is 53.2 Å². The summed E-state index contributed by atoms with van der Waals surface area (Å²) in [5, 5.41) is 0.528. The molecule has 0 aliphatic heterocycles. The zero-order valence-electron chi connectivity index (χ0n) is 10.9. The van der Waals surface area contributed by atoms with Crippen molar-refractivity contribution < 1.29 is 13.5 Å².